The SMILES string of the molecule is COC1CN(c2snc(N)c2-c2nc(C)cs2)CC1OC. The van der Waals surface area contributed by atoms with Gasteiger partial charge in [0.05, 0.1) is 5.56 Å². The van der Waals surface area contributed by atoms with Gasteiger partial charge in [0.2, 0.25) is 0 Å². The first-order valence-corrected chi connectivity index (χ1v) is 8.27. The molecule has 21 heavy (non-hydrogen) atoms. The molecule has 3 heterocycles. The molecule has 0 bridgehead atoms. The summed E-state index contributed by atoms with van der Waals surface area (Å²) in [6.07, 6.45) is 0.119. The minimum atomic E-state index is 0.0594. The van der Waals surface area contributed by atoms with Crippen LogP contribution in [0.2, 0.25) is 0 Å². The van der Waals surface area contributed by atoms with Crippen LogP contribution in [0.25, 0.3) is 10.6 Å². The van der Waals surface area contributed by atoms with Gasteiger partial charge in [0, 0.05) is 38.4 Å². The highest BCUT2D eigenvalue weighted by Gasteiger charge is 2.35. The fourth-order valence-electron chi connectivity index (χ4n) is 2.54. The van der Waals surface area contributed by atoms with Gasteiger partial charge in [0.25, 0.3) is 0 Å². The van der Waals surface area contributed by atoms with Gasteiger partial charge in [-0.2, -0.15) is 4.37 Å². The maximum Gasteiger partial charge on any atom is 0.149 e. The smallest absolute Gasteiger partial charge is 0.149 e. The highest BCUT2D eigenvalue weighted by Crippen LogP contribution is 2.42. The molecule has 1 saturated heterocycles. The number of aryl methyl sites for hydroxylation is 1. The Bertz CT molecular complexity index is 615. The summed E-state index contributed by atoms with van der Waals surface area (Å²) in [4.78, 5) is 6.77. The Balaban J connectivity index is 1.94. The van der Waals surface area contributed by atoms with E-state index in [1.54, 1.807) is 25.6 Å². The van der Waals surface area contributed by atoms with Crippen LogP contribution in [0.15, 0.2) is 5.38 Å². The number of hydrogen-bond donors (Lipinski definition) is 1. The van der Waals surface area contributed by atoms with Gasteiger partial charge in [-0.05, 0) is 18.5 Å². The van der Waals surface area contributed by atoms with E-state index in [1.165, 1.54) is 11.5 Å². The molecule has 8 heteroatoms. The summed E-state index contributed by atoms with van der Waals surface area (Å²) in [6.45, 7) is 3.52. The largest absolute Gasteiger partial charge is 0.382 e. The Morgan fingerprint density at radius 2 is 1.95 bits per heavy atom. The maximum atomic E-state index is 6.06. The molecule has 2 atom stereocenters. The van der Waals surface area contributed by atoms with Crippen molar-refractivity contribution < 1.29 is 9.47 Å². The van der Waals surface area contributed by atoms with Gasteiger partial charge >= 0.3 is 0 Å². The number of nitrogens with zero attached hydrogens (tertiary/aromatic N) is 3. The van der Waals surface area contributed by atoms with Gasteiger partial charge in [0.1, 0.15) is 28.0 Å². The average Bonchev–Trinajstić information content (AvgIpc) is 3.16. The number of hydrogen-bond acceptors (Lipinski definition) is 8. The third-order valence-corrected chi connectivity index (χ3v) is 5.54. The summed E-state index contributed by atoms with van der Waals surface area (Å²) in [5.74, 6) is 0.541. The minimum Gasteiger partial charge on any atom is -0.382 e. The van der Waals surface area contributed by atoms with Crippen LogP contribution in [0.3, 0.4) is 0 Å². The fraction of sp³-hybridized carbons (Fsp3) is 0.538. The van der Waals surface area contributed by atoms with Crippen LogP contribution >= 0.6 is 22.9 Å². The number of aromatic nitrogens is 2. The van der Waals surface area contributed by atoms with E-state index in [4.69, 9.17) is 15.2 Å². The van der Waals surface area contributed by atoms with Crippen molar-refractivity contribution in [2.24, 2.45) is 0 Å². The molecule has 0 radical (unpaired) electrons. The molecular weight excluding hydrogens is 308 g/mol. The predicted octanol–water partition coefficient (Wildman–Crippen LogP) is 2.01. The van der Waals surface area contributed by atoms with E-state index < -0.39 is 0 Å². The number of anilines is 2. The van der Waals surface area contributed by atoms with Crippen molar-refractivity contribution >= 4 is 33.7 Å². The summed E-state index contributed by atoms with van der Waals surface area (Å²) in [7, 11) is 3.43. The summed E-state index contributed by atoms with van der Waals surface area (Å²) >= 11 is 3.00. The number of thiazole rings is 1. The zero-order valence-corrected chi connectivity index (χ0v) is 13.8. The number of rotatable bonds is 4. The van der Waals surface area contributed by atoms with Gasteiger partial charge in [-0.3, -0.25) is 0 Å². The number of nitrogen functional groups attached to an aromatic ring is 1. The second-order valence-electron chi connectivity index (χ2n) is 5.00. The van der Waals surface area contributed by atoms with Crippen molar-refractivity contribution in [2.75, 3.05) is 37.9 Å². The second-order valence-corrected chi connectivity index (χ2v) is 6.61. The molecule has 1 fully saturated rings. The third kappa shape index (κ3) is 2.64. The van der Waals surface area contributed by atoms with E-state index >= 15 is 0 Å². The first-order chi connectivity index (χ1) is 10.1. The first kappa shape index (κ1) is 14.7. The Kier molecular flexibility index (Phi) is 4.12. The standard InChI is InChI=1S/C13H18N4O2S2/c1-7-6-20-12(15-7)10-11(14)16-21-13(10)17-4-8(18-2)9(5-17)19-3/h6,8-9H,4-5H2,1-3H3,(H2,14,16). The molecule has 0 amide bonds. The van der Waals surface area contributed by atoms with E-state index in [-0.39, 0.29) is 12.2 Å². The lowest BCUT2D eigenvalue weighted by molar-refractivity contribution is -0.00461. The molecule has 2 unspecified atom stereocenters. The van der Waals surface area contributed by atoms with Crippen molar-refractivity contribution in [3.63, 3.8) is 0 Å². The summed E-state index contributed by atoms with van der Waals surface area (Å²) < 4.78 is 15.3. The van der Waals surface area contributed by atoms with Gasteiger partial charge < -0.3 is 20.1 Å². The highest BCUT2D eigenvalue weighted by atomic mass is 32.1. The molecule has 2 aromatic heterocycles. The molecule has 2 aromatic rings. The van der Waals surface area contributed by atoms with Crippen molar-refractivity contribution in [1.82, 2.24) is 9.36 Å². The van der Waals surface area contributed by atoms with Gasteiger partial charge in [-0.15, -0.1) is 11.3 Å². The van der Waals surface area contributed by atoms with Crippen LogP contribution in [0.4, 0.5) is 10.8 Å². The van der Waals surface area contributed by atoms with E-state index in [0.29, 0.717) is 5.82 Å². The van der Waals surface area contributed by atoms with Crippen molar-refractivity contribution in [2.45, 2.75) is 19.1 Å². The van der Waals surface area contributed by atoms with Crippen LogP contribution in [0.5, 0.6) is 0 Å². The number of nitrogens with two attached hydrogens (primary N) is 1. The van der Waals surface area contributed by atoms with E-state index in [2.05, 4.69) is 14.3 Å². The molecule has 0 aliphatic carbocycles. The molecule has 114 valence electrons. The van der Waals surface area contributed by atoms with Crippen LogP contribution < -0.4 is 10.6 Å². The van der Waals surface area contributed by atoms with Crippen molar-refractivity contribution in [3.05, 3.63) is 11.1 Å². The summed E-state index contributed by atoms with van der Waals surface area (Å²) in [5.41, 5.74) is 7.99. The van der Waals surface area contributed by atoms with Crippen LogP contribution in [-0.4, -0.2) is 48.9 Å². The average molecular weight is 326 g/mol. The van der Waals surface area contributed by atoms with Gasteiger partial charge in [-0.1, -0.05) is 0 Å². The van der Waals surface area contributed by atoms with Gasteiger partial charge in [-0.25, -0.2) is 4.98 Å². The first-order valence-electron chi connectivity index (χ1n) is 6.62. The topological polar surface area (TPSA) is 73.5 Å². The van der Waals surface area contributed by atoms with Crippen molar-refractivity contribution in [3.8, 4) is 10.6 Å². The number of methoxy groups -OCH3 is 2. The molecule has 0 saturated carbocycles. The lowest BCUT2D eigenvalue weighted by atomic mass is 10.3. The van der Waals surface area contributed by atoms with E-state index in [9.17, 15) is 0 Å². The zero-order valence-electron chi connectivity index (χ0n) is 12.2. The fourth-order valence-corrected chi connectivity index (χ4v) is 4.29. The Labute approximate surface area is 131 Å². The second kappa shape index (κ2) is 5.88. The minimum absolute atomic E-state index is 0.0594. The van der Waals surface area contributed by atoms with Crippen LogP contribution in [0, 0.1) is 6.92 Å². The Hall–Kier alpha value is -1.22. The Morgan fingerprint density at radius 3 is 2.48 bits per heavy atom. The summed E-state index contributed by atoms with van der Waals surface area (Å²) in [5, 5.41) is 3.99. The molecule has 6 nitrogen and oxygen atoms in total. The maximum absolute atomic E-state index is 6.06. The molecule has 1 aliphatic heterocycles. The molecular formula is C13H18N4O2S2. The molecule has 0 spiro atoms. The lowest BCUT2D eigenvalue weighted by Gasteiger charge is -2.16. The normalized spacial score (nSPS) is 22.1. The molecule has 2 N–H and O–H groups in total. The van der Waals surface area contributed by atoms with Crippen LogP contribution in [-0.2, 0) is 9.47 Å². The zero-order chi connectivity index (χ0) is 15.0. The van der Waals surface area contributed by atoms with E-state index in [1.807, 2.05) is 12.3 Å². The lowest BCUT2D eigenvalue weighted by Crippen LogP contribution is -2.27. The number of ether oxygens (including phenoxy) is 2. The quantitative estimate of drug-likeness (QED) is 0.926. The molecule has 0 aromatic carbocycles. The monoisotopic (exact) mass is 326 g/mol. The van der Waals surface area contributed by atoms with E-state index in [0.717, 1.165) is 34.4 Å². The Morgan fingerprint density at radius 1 is 1.29 bits per heavy atom. The predicted molar refractivity (Wildman–Crippen MR) is 86.2 cm³/mol. The summed E-state index contributed by atoms with van der Waals surface area (Å²) in [6, 6.07) is 0. The van der Waals surface area contributed by atoms with Gasteiger partial charge in [0.15, 0.2) is 0 Å². The molecule has 3 rings (SSSR count). The molecule has 1 aliphatic rings. The van der Waals surface area contributed by atoms with Crippen molar-refractivity contribution in [1.29, 1.82) is 0 Å². The highest BCUT2D eigenvalue weighted by molar-refractivity contribution is 7.15. The van der Waals surface area contributed by atoms with Crippen LogP contribution in [0.1, 0.15) is 5.69 Å². The third-order valence-electron chi connectivity index (χ3n) is 3.64.